The van der Waals surface area contributed by atoms with Crippen molar-refractivity contribution in [1.82, 2.24) is 15.3 Å². The number of hydrogen-bond donors (Lipinski definition) is 1. The van der Waals surface area contributed by atoms with Gasteiger partial charge in [-0.2, -0.15) is 5.10 Å². The molecule has 5 rings (SSSR count). The summed E-state index contributed by atoms with van der Waals surface area (Å²) in [5.74, 6) is 0. The smallest absolute Gasteiger partial charge is 0.121 e. The summed E-state index contributed by atoms with van der Waals surface area (Å²) in [6.45, 7) is 3.72. The highest BCUT2D eigenvalue weighted by atomic mass is 16.7. The van der Waals surface area contributed by atoms with Crippen molar-refractivity contribution in [3.8, 4) is 0 Å². The normalized spacial score (nSPS) is 22.9. The van der Waals surface area contributed by atoms with E-state index in [1.807, 2.05) is 0 Å². The van der Waals surface area contributed by atoms with Crippen molar-refractivity contribution in [2.45, 2.75) is 63.5 Å². The minimum Gasteiger partial charge on any atom is -0.381 e. The Morgan fingerprint density at radius 3 is 2.81 bits per heavy atom. The number of aryl methyl sites for hydroxylation is 1. The number of benzene rings is 1. The summed E-state index contributed by atoms with van der Waals surface area (Å²) in [5.41, 5.74) is 7.71. The molecule has 2 aromatic rings. The van der Waals surface area contributed by atoms with Gasteiger partial charge in [-0.05, 0) is 31.4 Å². The highest BCUT2D eigenvalue weighted by Gasteiger charge is 2.37. The molecule has 0 unspecified atom stereocenters. The third kappa shape index (κ3) is 2.65. The maximum Gasteiger partial charge on any atom is 0.121 e. The van der Waals surface area contributed by atoms with Crippen LogP contribution in [0.1, 0.15) is 62.7 Å². The molecular formula is C21H27N3O2. The van der Waals surface area contributed by atoms with Crippen LogP contribution in [-0.4, -0.2) is 28.6 Å². The molecular weight excluding hydrogens is 326 g/mol. The van der Waals surface area contributed by atoms with Gasteiger partial charge in [0.05, 0.1) is 22.9 Å². The Balaban J connectivity index is 1.55. The van der Waals surface area contributed by atoms with Crippen LogP contribution in [0.3, 0.4) is 0 Å². The Morgan fingerprint density at radius 1 is 1.23 bits per heavy atom. The minimum atomic E-state index is -0.206. The standard InChI is InChI=1S/C21H27N3O2/c1-2-18-17-8-7-15(13-20(17)24(22-18)16-5-3-4-6-16)19-14-21(26-23-19)9-11-25-12-10-21/h7-8,13-14,16,23H,2-6,9-12H2,1H3. The van der Waals surface area contributed by atoms with E-state index in [1.165, 1.54) is 47.8 Å². The molecule has 1 saturated heterocycles. The van der Waals surface area contributed by atoms with Crippen LogP contribution in [0, 0.1) is 0 Å². The lowest BCUT2D eigenvalue weighted by Gasteiger charge is -2.29. The fourth-order valence-corrected chi connectivity index (χ4v) is 4.64. The van der Waals surface area contributed by atoms with Gasteiger partial charge in [0.25, 0.3) is 0 Å². The van der Waals surface area contributed by atoms with Gasteiger partial charge in [0, 0.05) is 37.0 Å². The molecule has 3 aliphatic rings. The van der Waals surface area contributed by atoms with Gasteiger partial charge in [0.1, 0.15) is 5.60 Å². The van der Waals surface area contributed by atoms with Gasteiger partial charge in [0.15, 0.2) is 0 Å². The summed E-state index contributed by atoms with van der Waals surface area (Å²) in [7, 11) is 0. The van der Waals surface area contributed by atoms with Gasteiger partial charge in [-0.3, -0.25) is 15.0 Å². The monoisotopic (exact) mass is 353 g/mol. The topological polar surface area (TPSA) is 48.3 Å². The Hall–Kier alpha value is -1.85. The first-order valence-electron chi connectivity index (χ1n) is 10.0. The summed E-state index contributed by atoms with van der Waals surface area (Å²) in [6, 6.07) is 7.28. The first kappa shape index (κ1) is 16.3. The summed E-state index contributed by atoms with van der Waals surface area (Å²) < 4.78 is 7.79. The second kappa shape index (κ2) is 6.39. The second-order valence-corrected chi connectivity index (χ2v) is 7.85. The molecule has 5 heteroatoms. The molecule has 5 nitrogen and oxygen atoms in total. The van der Waals surface area contributed by atoms with Gasteiger partial charge >= 0.3 is 0 Å². The van der Waals surface area contributed by atoms with Crippen LogP contribution in [0.25, 0.3) is 16.6 Å². The van der Waals surface area contributed by atoms with Crippen LogP contribution in [0.2, 0.25) is 0 Å². The van der Waals surface area contributed by atoms with E-state index in [0.717, 1.165) is 38.2 Å². The summed E-state index contributed by atoms with van der Waals surface area (Å²) in [6.07, 6.45) is 10.2. The number of hydroxylamine groups is 1. The van der Waals surface area contributed by atoms with Crippen molar-refractivity contribution in [3.63, 3.8) is 0 Å². The lowest BCUT2D eigenvalue weighted by atomic mass is 9.93. The Labute approximate surface area is 154 Å². The van der Waals surface area contributed by atoms with E-state index in [9.17, 15) is 0 Å². The first-order chi connectivity index (χ1) is 12.8. The predicted molar refractivity (Wildman–Crippen MR) is 102 cm³/mol. The molecule has 1 aromatic heterocycles. The van der Waals surface area contributed by atoms with Gasteiger partial charge < -0.3 is 4.74 Å². The molecule has 2 fully saturated rings. The number of rotatable bonds is 3. The summed E-state index contributed by atoms with van der Waals surface area (Å²) in [4.78, 5) is 5.97. The van der Waals surface area contributed by atoms with Crippen LogP contribution in [-0.2, 0) is 16.0 Å². The molecule has 0 amide bonds. The lowest BCUT2D eigenvalue weighted by molar-refractivity contribution is -0.0955. The van der Waals surface area contributed by atoms with Crippen LogP contribution in [0.15, 0.2) is 24.3 Å². The highest BCUT2D eigenvalue weighted by Crippen LogP contribution is 2.37. The van der Waals surface area contributed by atoms with Gasteiger partial charge in [-0.25, -0.2) is 0 Å². The summed E-state index contributed by atoms with van der Waals surface area (Å²) in [5, 5.41) is 6.26. The second-order valence-electron chi connectivity index (χ2n) is 7.85. The largest absolute Gasteiger partial charge is 0.381 e. The minimum absolute atomic E-state index is 0.206. The molecule has 0 atom stereocenters. The quantitative estimate of drug-likeness (QED) is 0.901. The maximum atomic E-state index is 5.97. The molecule has 1 aromatic carbocycles. The average Bonchev–Trinajstić information content (AvgIpc) is 3.40. The van der Waals surface area contributed by atoms with E-state index < -0.39 is 0 Å². The maximum absolute atomic E-state index is 5.97. The van der Waals surface area contributed by atoms with Crippen molar-refractivity contribution >= 4 is 16.6 Å². The number of aromatic nitrogens is 2. The third-order valence-electron chi connectivity index (χ3n) is 6.21. The van der Waals surface area contributed by atoms with Crippen molar-refractivity contribution in [3.05, 3.63) is 35.5 Å². The summed E-state index contributed by atoms with van der Waals surface area (Å²) >= 11 is 0. The van der Waals surface area contributed by atoms with Crippen LogP contribution < -0.4 is 5.48 Å². The number of hydrogen-bond acceptors (Lipinski definition) is 4. The fourth-order valence-electron chi connectivity index (χ4n) is 4.64. The SMILES string of the molecule is CCc1nn(C2CCCC2)c2cc(C3=CC4(CCOCC4)ON3)ccc12. The van der Waals surface area contributed by atoms with Crippen LogP contribution in [0.4, 0.5) is 0 Å². The van der Waals surface area contributed by atoms with E-state index in [2.05, 4.69) is 41.4 Å². The van der Waals surface area contributed by atoms with E-state index in [1.54, 1.807) is 0 Å². The van der Waals surface area contributed by atoms with Crippen LogP contribution in [0.5, 0.6) is 0 Å². The molecule has 26 heavy (non-hydrogen) atoms. The van der Waals surface area contributed by atoms with Crippen molar-refractivity contribution in [2.24, 2.45) is 0 Å². The molecule has 1 N–H and O–H groups in total. The fraction of sp³-hybridized carbons (Fsp3) is 0.571. The van der Waals surface area contributed by atoms with Gasteiger partial charge in [-0.15, -0.1) is 0 Å². The Bertz CT molecular complexity index is 842. The Kier molecular flexibility index (Phi) is 4.02. The highest BCUT2D eigenvalue weighted by molar-refractivity contribution is 5.86. The van der Waals surface area contributed by atoms with E-state index >= 15 is 0 Å². The van der Waals surface area contributed by atoms with Gasteiger partial charge in [0.2, 0.25) is 0 Å². The van der Waals surface area contributed by atoms with Crippen molar-refractivity contribution < 1.29 is 9.57 Å². The Morgan fingerprint density at radius 2 is 2.04 bits per heavy atom. The molecule has 0 radical (unpaired) electrons. The average molecular weight is 353 g/mol. The van der Waals surface area contributed by atoms with Crippen molar-refractivity contribution in [1.29, 1.82) is 0 Å². The number of fused-ring (bicyclic) bond motifs is 1. The molecule has 138 valence electrons. The lowest BCUT2D eigenvalue weighted by Crippen LogP contribution is -2.36. The van der Waals surface area contributed by atoms with E-state index in [0.29, 0.717) is 6.04 Å². The number of nitrogens with one attached hydrogen (secondary N) is 1. The molecule has 0 bridgehead atoms. The zero-order valence-corrected chi connectivity index (χ0v) is 15.5. The molecule has 1 saturated carbocycles. The van der Waals surface area contributed by atoms with Crippen molar-refractivity contribution in [2.75, 3.05) is 13.2 Å². The number of nitrogens with zero attached hydrogens (tertiary/aromatic N) is 2. The first-order valence-corrected chi connectivity index (χ1v) is 10.0. The van der Waals surface area contributed by atoms with Crippen LogP contribution >= 0.6 is 0 Å². The number of ether oxygens (including phenoxy) is 1. The zero-order chi connectivity index (χ0) is 17.6. The molecule has 3 heterocycles. The van der Waals surface area contributed by atoms with Gasteiger partial charge in [-0.1, -0.05) is 31.9 Å². The molecule has 1 spiro atoms. The predicted octanol–water partition coefficient (Wildman–Crippen LogP) is 4.14. The third-order valence-corrected chi connectivity index (χ3v) is 6.21. The van der Waals surface area contributed by atoms with E-state index in [-0.39, 0.29) is 5.60 Å². The molecule has 1 aliphatic carbocycles. The van der Waals surface area contributed by atoms with E-state index in [4.69, 9.17) is 14.7 Å². The molecule has 2 aliphatic heterocycles. The zero-order valence-electron chi connectivity index (χ0n) is 15.5.